The van der Waals surface area contributed by atoms with Gasteiger partial charge in [-0.05, 0) is 74.5 Å². The lowest BCUT2D eigenvalue weighted by molar-refractivity contribution is 0.540. The van der Waals surface area contributed by atoms with Crippen LogP contribution in [0.5, 0.6) is 0 Å². The summed E-state index contributed by atoms with van der Waals surface area (Å²) in [7, 11) is 0. The molecule has 1 aliphatic rings. The van der Waals surface area contributed by atoms with Gasteiger partial charge in [0.05, 0.1) is 27.8 Å². The third kappa shape index (κ3) is 3.92. The van der Waals surface area contributed by atoms with Crippen LogP contribution < -0.4 is 14.7 Å². The first kappa shape index (κ1) is 23.2. The van der Waals surface area contributed by atoms with Crippen molar-refractivity contribution in [3.8, 4) is 0 Å². The largest absolute Gasteiger partial charge is 0.316 e. The van der Waals surface area contributed by atoms with Gasteiger partial charge in [0, 0.05) is 17.1 Å². The Bertz CT molecular complexity index is 1480. The molecule has 6 rings (SSSR count). The maximum absolute atomic E-state index is 7.37. The first-order chi connectivity index (χ1) is 18.1. The van der Waals surface area contributed by atoms with E-state index in [4.69, 9.17) is 11.6 Å². The van der Waals surface area contributed by atoms with E-state index in [-0.39, 0.29) is 0 Å². The smallest absolute Gasteiger partial charge is 0.116 e. The predicted octanol–water partition coefficient (Wildman–Crippen LogP) is 9.84. The Kier molecular flexibility index (Phi) is 5.86. The number of benzene rings is 5. The van der Waals surface area contributed by atoms with Gasteiger partial charge in [-0.1, -0.05) is 84.4 Å². The number of hydrogen-bond donors (Lipinski definition) is 0. The Balaban J connectivity index is 1.54. The van der Waals surface area contributed by atoms with Crippen LogP contribution in [-0.4, -0.2) is 5.66 Å². The van der Waals surface area contributed by atoms with Gasteiger partial charge >= 0.3 is 0 Å². The maximum Gasteiger partial charge on any atom is 0.116 e. The molecule has 0 saturated carbocycles. The topological polar surface area (TPSA) is 9.72 Å². The number of nitrogens with zero attached hydrogens (tertiary/aromatic N) is 3. The quantitative estimate of drug-likeness (QED) is 0.237. The van der Waals surface area contributed by atoms with Crippen molar-refractivity contribution in [3.63, 3.8) is 0 Å². The molecule has 0 unspecified atom stereocenters. The summed E-state index contributed by atoms with van der Waals surface area (Å²) in [6, 6.07) is 46.1. The lowest BCUT2D eigenvalue weighted by Gasteiger charge is -2.41. The van der Waals surface area contributed by atoms with Gasteiger partial charge in [0.25, 0.3) is 0 Å². The highest BCUT2D eigenvalue weighted by Crippen LogP contribution is 2.55. The van der Waals surface area contributed by atoms with Crippen molar-refractivity contribution in [2.75, 3.05) is 14.7 Å². The van der Waals surface area contributed by atoms with E-state index in [9.17, 15) is 0 Å². The van der Waals surface area contributed by atoms with Crippen LogP contribution in [0.4, 0.5) is 39.8 Å². The molecule has 0 spiro atoms. The average Bonchev–Trinajstić information content (AvgIpc) is 3.17. The minimum atomic E-state index is -0.405. The second-order valence-corrected chi connectivity index (χ2v) is 9.98. The SMILES string of the molecule is CC1(C)N(c2ccccc2)c2ccccc2N1c1cccc(N(c2ccccc2)c2ccccc2)c1Cl. The number of halogens is 1. The molecule has 37 heavy (non-hydrogen) atoms. The number of para-hydroxylation sites is 5. The standard InChI is InChI=1S/C33H28ClN3/c1-33(2)36(27-19-10-5-11-20-27)28-21-12-13-22-29(28)37(33)31-24-14-23-30(32(31)34)35(25-15-6-3-7-16-25)26-17-8-4-9-18-26/h3-24H,1-2H3. The Morgan fingerprint density at radius 3 is 1.54 bits per heavy atom. The van der Waals surface area contributed by atoms with Crippen molar-refractivity contribution in [2.24, 2.45) is 0 Å². The molecule has 0 radical (unpaired) electrons. The second-order valence-electron chi connectivity index (χ2n) is 9.61. The molecule has 5 aromatic carbocycles. The van der Waals surface area contributed by atoms with Gasteiger partial charge in [0.15, 0.2) is 0 Å². The summed E-state index contributed by atoms with van der Waals surface area (Å²) in [5.41, 5.74) is 7.03. The summed E-state index contributed by atoms with van der Waals surface area (Å²) in [5, 5.41) is 0.702. The summed E-state index contributed by atoms with van der Waals surface area (Å²) in [6.45, 7) is 4.49. The zero-order chi connectivity index (χ0) is 25.4. The summed E-state index contributed by atoms with van der Waals surface area (Å²) in [5.74, 6) is 0. The van der Waals surface area contributed by atoms with Crippen LogP contribution in [-0.2, 0) is 0 Å². The van der Waals surface area contributed by atoms with Crippen molar-refractivity contribution in [1.29, 1.82) is 0 Å². The van der Waals surface area contributed by atoms with Crippen LogP contribution in [0.1, 0.15) is 13.8 Å². The van der Waals surface area contributed by atoms with E-state index < -0.39 is 5.66 Å². The minimum Gasteiger partial charge on any atom is -0.316 e. The van der Waals surface area contributed by atoms with Gasteiger partial charge < -0.3 is 14.7 Å². The van der Waals surface area contributed by atoms with Crippen LogP contribution in [0, 0.1) is 0 Å². The van der Waals surface area contributed by atoms with Gasteiger partial charge in [-0.3, -0.25) is 0 Å². The zero-order valence-electron chi connectivity index (χ0n) is 20.9. The molecule has 3 nitrogen and oxygen atoms in total. The van der Waals surface area contributed by atoms with Crippen LogP contribution >= 0.6 is 11.6 Å². The number of anilines is 7. The first-order valence-corrected chi connectivity index (χ1v) is 12.9. The highest BCUT2D eigenvalue weighted by Gasteiger charge is 2.44. The van der Waals surface area contributed by atoms with E-state index >= 15 is 0 Å². The van der Waals surface area contributed by atoms with Crippen LogP contribution in [0.25, 0.3) is 0 Å². The van der Waals surface area contributed by atoms with Gasteiger partial charge in [0.1, 0.15) is 5.66 Å². The normalized spacial score (nSPS) is 13.9. The van der Waals surface area contributed by atoms with Crippen molar-refractivity contribution in [2.45, 2.75) is 19.5 Å². The Hall–Kier alpha value is -4.21. The van der Waals surface area contributed by atoms with E-state index in [2.05, 4.69) is 150 Å². The van der Waals surface area contributed by atoms with E-state index in [1.807, 2.05) is 12.1 Å². The fourth-order valence-electron chi connectivity index (χ4n) is 5.42. The van der Waals surface area contributed by atoms with E-state index in [0.29, 0.717) is 5.02 Å². The summed E-state index contributed by atoms with van der Waals surface area (Å²) >= 11 is 7.37. The summed E-state index contributed by atoms with van der Waals surface area (Å²) in [6.07, 6.45) is 0. The van der Waals surface area contributed by atoms with E-state index in [1.165, 1.54) is 0 Å². The van der Waals surface area contributed by atoms with Crippen LogP contribution in [0.15, 0.2) is 133 Å². The molecule has 182 valence electrons. The summed E-state index contributed by atoms with van der Waals surface area (Å²) < 4.78 is 0. The highest BCUT2D eigenvalue weighted by atomic mass is 35.5. The second kappa shape index (κ2) is 9.34. The van der Waals surface area contributed by atoms with Crippen molar-refractivity contribution >= 4 is 51.4 Å². The molecule has 4 heteroatoms. The first-order valence-electron chi connectivity index (χ1n) is 12.5. The molecule has 0 fully saturated rings. The third-order valence-electron chi connectivity index (χ3n) is 6.94. The van der Waals surface area contributed by atoms with Crippen molar-refractivity contribution in [3.05, 3.63) is 138 Å². The predicted molar refractivity (Wildman–Crippen MR) is 157 cm³/mol. The summed E-state index contributed by atoms with van der Waals surface area (Å²) in [4.78, 5) is 6.96. The van der Waals surface area contributed by atoms with Crippen LogP contribution in [0.2, 0.25) is 5.02 Å². The molecule has 5 aromatic rings. The monoisotopic (exact) mass is 501 g/mol. The van der Waals surface area contributed by atoms with Crippen LogP contribution in [0.3, 0.4) is 0 Å². The average molecular weight is 502 g/mol. The van der Waals surface area contributed by atoms with Gasteiger partial charge in [-0.15, -0.1) is 0 Å². The fourth-order valence-corrected chi connectivity index (χ4v) is 5.72. The molecule has 1 aliphatic heterocycles. The lowest BCUT2D eigenvalue weighted by atomic mass is 10.1. The van der Waals surface area contributed by atoms with Crippen molar-refractivity contribution < 1.29 is 0 Å². The third-order valence-corrected chi connectivity index (χ3v) is 7.33. The Morgan fingerprint density at radius 2 is 0.973 bits per heavy atom. The Morgan fingerprint density at radius 1 is 0.514 bits per heavy atom. The maximum atomic E-state index is 7.37. The van der Waals surface area contributed by atoms with Crippen molar-refractivity contribution in [1.82, 2.24) is 0 Å². The Labute approximate surface area is 223 Å². The van der Waals surface area contributed by atoms with E-state index in [0.717, 1.165) is 39.8 Å². The zero-order valence-corrected chi connectivity index (χ0v) is 21.7. The number of rotatable bonds is 5. The molecule has 0 N–H and O–H groups in total. The minimum absolute atomic E-state index is 0.405. The van der Waals surface area contributed by atoms with Gasteiger partial charge in [-0.2, -0.15) is 0 Å². The van der Waals surface area contributed by atoms with E-state index in [1.54, 1.807) is 0 Å². The highest BCUT2D eigenvalue weighted by molar-refractivity contribution is 6.36. The number of fused-ring (bicyclic) bond motifs is 1. The molecule has 0 amide bonds. The molecule has 0 atom stereocenters. The molecular formula is C33H28ClN3. The lowest BCUT2D eigenvalue weighted by Crippen LogP contribution is -2.48. The number of hydrogen-bond acceptors (Lipinski definition) is 3. The molecule has 0 bridgehead atoms. The molecule has 0 saturated heterocycles. The van der Waals surface area contributed by atoms with Gasteiger partial charge in [-0.25, -0.2) is 0 Å². The molecular weight excluding hydrogens is 474 g/mol. The van der Waals surface area contributed by atoms with Gasteiger partial charge in [0.2, 0.25) is 0 Å². The molecule has 1 heterocycles. The molecule has 0 aromatic heterocycles. The fraction of sp³-hybridized carbons (Fsp3) is 0.0909. The molecule has 0 aliphatic carbocycles.